The molecular formula is C27H26N4O2. The Labute approximate surface area is 194 Å². The third kappa shape index (κ3) is 5.85. The van der Waals surface area contributed by atoms with Gasteiger partial charge in [0.05, 0.1) is 18.2 Å². The summed E-state index contributed by atoms with van der Waals surface area (Å²) in [4.78, 5) is 29.1. The van der Waals surface area contributed by atoms with Crippen molar-refractivity contribution >= 4 is 11.8 Å². The number of nitriles is 1. The minimum Gasteiger partial charge on any atom is -0.343 e. The Hall–Kier alpha value is -3.95. The number of rotatable bonds is 6. The Morgan fingerprint density at radius 3 is 2.09 bits per heavy atom. The van der Waals surface area contributed by atoms with Crippen LogP contribution < -0.4 is 5.32 Å². The second kappa shape index (κ2) is 10.6. The molecule has 4 rings (SSSR count). The van der Waals surface area contributed by atoms with Crippen LogP contribution in [0.25, 0.3) is 11.1 Å². The maximum atomic E-state index is 12.6. The summed E-state index contributed by atoms with van der Waals surface area (Å²) in [5, 5.41) is 11.7. The summed E-state index contributed by atoms with van der Waals surface area (Å²) in [6.07, 6.45) is 0. The van der Waals surface area contributed by atoms with Gasteiger partial charge in [0.15, 0.2) is 0 Å². The highest BCUT2D eigenvalue weighted by Crippen LogP contribution is 2.19. The van der Waals surface area contributed by atoms with Gasteiger partial charge in [0.1, 0.15) is 0 Å². The molecule has 0 aliphatic carbocycles. The van der Waals surface area contributed by atoms with Gasteiger partial charge in [-0.2, -0.15) is 5.26 Å². The van der Waals surface area contributed by atoms with Crippen LogP contribution in [0.1, 0.15) is 21.5 Å². The number of carbonyl (C=O) groups excluding carboxylic acids is 2. The molecule has 0 radical (unpaired) electrons. The van der Waals surface area contributed by atoms with E-state index in [0.717, 1.165) is 36.3 Å². The number of nitrogens with zero attached hydrogens (tertiary/aromatic N) is 3. The van der Waals surface area contributed by atoms with Gasteiger partial charge in [-0.3, -0.25) is 14.5 Å². The van der Waals surface area contributed by atoms with E-state index in [0.29, 0.717) is 24.2 Å². The van der Waals surface area contributed by atoms with Crippen molar-refractivity contribution in [1.82, 2.24) is 15.1 Å². The van der Waals surface area contributed by atoms with E-state index in [1.54, 1.807) is 17.0 Å². The molecule has 0 atom stereocenters. The van der Waals surface area contributed by atoms with Crippen LogP contribution in [0.5, 0.6) is 0 Å². The van der Waals surface area contributed by atoms with Crippen LogP contribution in [0, 0.1) is 11.3 Å². The molecule has 1 heterocycles. The summed E-state index contributed by atoms with van der Waals surface area (Å²) < 4.78 is 0. The van der Waals surface area contributed by atoms with Gasteiger partial charge in [0, 0.05) is 38.3 Å². The first-order valence-corrected chi connectivity index (χ1v) is 11.1. The molecule has 6 heteroatoms. The summed E-state index contributed by atoms with van der Waals surface area (Å²) in [6, 6.07) is 27.1. The van der Waals surface area contributed by atoms with E-state index in [-0.39, 0.29) is 18.4 Å². The fraction of sp³-hybridized carbons (Fsp3) is 0.222. The van der Waals surface area contributed by atoms with Crippen molar-refractivity contribution < 1.29 is 9.59 Å². The van der Waals surface area contributed by atoms with Crippen molar-refractivity contribution in [3.8, 4) is 17.2 Å². The fourth-order valence-corrected chi connectivity index (χ4v) is 3.91. The summed E-state index contributed by atoms with van der Waals surface area (Å²) in [5.41, 5.74) is 4.48. The highest BCUT2D eigenvalue weighted by Gasteiger charge is 2.21. The number of carbonyl (C=O) groups is 2. The van der Waals surface area contributed by atoms with Gasteiger partial charge in [-0.15, -0.1) is 0 Å². The van der Waals surface area contributed by atoms with Crippen molar-refractivity contribution in [3.05, 3.63) is 95.6 Å². The minimum atomic E-state index is -0.248. The lowest BCUT2D eigenvalue weighted by molar-refractivity contribution is -0.131. The van der Waals surface area contributed by atoms with Crippen LogP contribution in [0.4, 0.5) is 0 Å². The Morgan fingerprint density at radius 1 is 0.818 bits per heavy atom. The molecule has 1 saturated heterocycles. The molecule has 0 aromatic heterocycles. The van der Waals surface area contributed by atoms with Crippen molar-refractivity contribution in [2.75, 3.05) is 32.7 Å². The third-order valence-corrected chi connectivity index (χ3v) is 5.87. The van der Waals surface area contributed by atoms with Crippen LogP contribution in [0.2, 0.25) is 0 Å². The second-order valence-corrected chi connectivity index (χ2v) is 8.09. The van der Waals surface area contributed by atoms with E-state index in [9.17, 15) is 9.59 Å². The Bertz CT molecular complexity index is 1130. The molecule has 1 fully saturated rings. The molecule has 6 nitrogen and oxygen atoms in total. The molecule has 1 aliphatic rings. The van der Waals surface area contributed by atoms with Crippen molar-refractivity contribution in [1.29, 1.82) is 5.26 Å². The molecule has 3 aromatic rings. The molecule has 1 N–H and O–H groups in total. The monoisotopic (exact) mass is 438 g/mol. The average Bonchev–Trinajstić information content (AvgIpc) is 2.88. The van der Waals surface area contributed by atoms with Crippen LogP contribution in [0.3, 0.4) is 0 Å². The zero-order valence-corrected chi connectivity index (χ0v) is 18.4. The Balaban J connectivity index is 1.22. The van der Waals surface area contributed by atoms with E-state index in [2.05, 4.69) is 16.3 Å². The molecule has 1 aliphatic heterocycles. The van der Waals surface area contributed by atoms with Gasteiger partial charge >= 0.3 is 0 Å². The summed E-state index contributed by atoms with van der Waals surface area (Å²) in [5.74, 6) is -0.315. The number of amides is 2. The zero-order chi connectivity index (χ0) is 23.0. The van der Waals surface area contributed by atoms with Crippen LogP contribution >= 0.6 is 0 Å². The summed E-state index contributed by atoms with van der Waals surface area (Å²) in [7, 11) is 0. The smallest absolute Gasteiger partial charge is 0.251 e. The topological polar surface area (TPSA) is 76.4 Å². The third-order valence-electron chi connectivity index (χ3n) is 5.87. The molecule has 0 unspecified atom stereocenters. The first kappa shape index (κ1) is 22.3. The lowest BCUT2D eigenvalue weighted by Crippen LogP contribution is -2.50. The average molecular weight is 439 g/mol. The van der Waals surface area contributed by atoms with E-state index in [1.807, 2.05) is 66.7 Å². The molecule has 0 spiro atoms. The largest absolute Gasteiger partial charge is 0.343 e. The molecular weight excluding hydrogens is 412 g/mol. The highest BCUT2D eigenvalue weighted by molar-refractivity contribution is 5.96. The lowest BCUT2D eigenvalue weighted by Gasteiger charge is -2.34. The van der Waals surface area contributed by atoms with Gasteiger partial charge < -0.3 is 10.2 Å². The Morgan fingerprint density at radius 2 is 1.45 bits per heavy atom. The van der Waals surface area contributed by atoms with Gasteiger partial charge in [-0.25, -0.2) is 0 Å². The van der Waals surface area contributed by atoms with E-state index in [1.165, 1.54) is 0 Å². The predicted molar refractivity (Wildman–Crippen MR) is 127 cm³/mol. The van der Waals surface area contributed by atoms with Crippen molar-refractivity contribution in [2.24, 2.45) is 0 Å². The second-order valence-electron chi connectivity index (χ2n) is 8.09. The number of nitrogens with one attached hydrogen (secondary N) is 1. The van der Waals surface area contributed by atoms with Crippen LogP contribution in [-0.2, 0) is 11.3 Å². The molecule has 33 heavy (non-hydrogen) atoms. The minimum absolute atomic E-state index is 0.00507. The van der Waals surface area contributed by atoms with Crippen molar-refractivity contribution in [2.45, 2.75) is 6.54 Å². The molecule has 3 aromatic carbocycles. The number of piperazine rings is 1. The quantitative estimate of drug-likeness (QED) is 0.641. The molecule has 2 amide bonds. The fourth-order valence-electron chi connectivity index (χ4n) is 3.91. The SMILES string of the molecule is N#Cc1ccc(CN2CCN(C(=O)CNC(=O)c3ccc(-c4ccccc4)cc3)CC2)cc1. The van der Waals surface area contributed by atoms with Crippen LogP contribution in [-0.4, -0.2) is 54.3 Å². The Kier molecular flexibility index (Phi) is 7.13. The first-order chi connectivity index (χ1) is 16.1. The van der Waals surface area contributed by atoms with Gasteiger partial charge in [0.25, 0.3) is 5.91 Å². The maximum Gasteiger partial charge on any atom is 0.251 e. The molecule has 166 valence electrons. The first-order valence-electron chi connectivity index (χ1n) is 11.1. The van der Waals surface area contributed by atoms with Gasteiger partial charge in [0.2, 0.25) is 5.91 Å². The maximum absolute atomic E-state index is 12.6. The zero-order valence-electron chi connectivity index (χ0n) is 18.4. The lowest BCUT2D eigenvalue weighted by atomic mass is 10.0. The number of benzene rings is 3. The normalized spacial score (nSPS) is 13.8. The van der Waals surface area contributed by atoms with E-state index in [4.69, 9.17) is 5.26 Å². The van der Waals surface area contributed by atoms with Crippen LogP contribution in [0.15, 0.2) is 78.9 Å². The summed E-state index contributed by atoms with van der Waals surface area (Å²) in [6.45, 7) is 3.62. The summed E-state index contributed by atoms with van der Waals surface area (Å²) >= 11 is 0. The predicted octanol–water partition coefficient (Wildman–Crippen LogP) is 3.30. The molecule has 0 saturated carbocycles. The number of hydrogen-bond donors (Lipinski definition) is 1. The highest BCUT2D eigenvalue weighted by atomic mass is 16.2. The van der Waals surface area contributed by atoms with Gasteiger partial charge in [-0.1, -0.05) is 54.6 Å². The van der Waals surface area contributed by atoms with Gasteiger partial charge in [-0.05, 0) is 41.0 Å². The number of hydrogen-bond acceptors (Lipinski definition) is 4. The van der Waals surface area contributed by atoms with Crippen molar-refractivity contribution in [3.63, 3.8) is 0 Å². The standard InChI is InChI=1S/C27H26N4O2/c28-18-21-6-8-22(9-7-21)20-30-14-16-31(17-15-30)26(32)19-29-27(33)25-12-10-24(11-13-25)23-4-2-1-3-5-23/h1-13H,14-17,19-20H2,(H,29,33). The van der Waals surface area contributed by atoms with E-state index < -0.39 is 0 Å². The molecule has 0 bridgehead atoms. The van der Waals surface area contributed by atoms with E-state index >= 15 is 0 Å².